The SMILES string of the molecule is CCNCc1sc(CSc2ccc(Br)cc2)nc1COC. The van der Waals surface area contributed by atoms with Crippen LogP contribution < -0.4 is 5.32 Å². The van der Waals surface area contributed by atoms with Crippen molar-refractivity contribution in [2.75, 3.05) is 13.7 Å². The van der Waals surface area contributed by atoms with Gasteiger partial charge in [-0.05, 0) is 30.8 Å². The Morgan fingerprint density at radius 3 is 2.76 bits per heavy atom. The van der Waals surface area contributed by atoms with Gasteiger partial charge >= 0.3 is 0 Å². The molecule has 1 heterocycles. The number of methoxy groups -OCH3 is 1. The smallest absolute Gasteiger partial charge is 0.104 e. The zero-order valence-corrected chi connectivity index (χ0v) is 15.4. The molecule has 0 aliphatic heterocycles. The quantitative estimate of drug-likeness (QED) is 0.679. The molecule has 0 bridgehead atoms. The van der Waals surface area contributed by atoms with Crippen LogP contribution in [0.3, 0.4) is 0 Å². The molecule has 0 saturated carbocycles. The predicted molar refractivity (Wildman–Crippen MR) is 93.9 cm³/mol. The first-order valence-corrected chi connectivity index (χ1v) is 9.38. The number of nitrogens with zero attached hydrogens (tertiary/aromatic N) is 1. The number of rotatable bonds is 8. The van der Waals surface area contributed by atoms with Gasteiger partial charge in [-0.2, -0.15) is 0 Å². The molecular weight excluding hydrogens is 368 g/mol. The van der Waals surface area contributed by atoms with Crippen LogP contribution in [-0.4, -0.2) is 18.6 Å². The van der Waals surface area contributed by atoms with Crippen LogP contribution in [0.1, 0.15) is 22.5 Å². The molecule has 0 fully saturated rings. The van der Waals surface area contributed by atoms with Crippen molar-refractivity contribution < 1.29 is 4.74 Å². The van der Waals surface area contributed by atoms with E-state index < -0.39 is 0 Å². The number of hydrogen-bond donors (Lipinski definition) is 1. The third kappa shape index (κ3) is 5.38. The molecule has 1 aromatic carbocycles. The molecular formula is C15H19BrN2OS2. The summed E-state index contributed by atoms with van der Waals surface area (Å²) < 4.78 is 6.35. The van der Waals surface area contributed by atoms with Crippen molar-refractivity contribution >= 4 is 39.0 Å². The minimum Gasteiger partial charge on any atom is -0.378 e. The maximum atomic E-state index is 5.24. The number of benzene rings is 1. The van der Waals surface area contributed by atoms with Gasteiger partial charge in [0.15, 0.2) is 0 Å². The first-order valence-electron chi connectivity index (χ1n) is 6.78. The fourth-order valence-electron chi connectivity index (χ4n) is 1.80. The molecule has 21 heavy (non-hydrogen) atoms. The van der Waals surface area contributed by atoms with Gasteiger partial charge in [-0.15, -0.1) is 23.1 Å². The van der Waals surface area contributed by atoms with E-state index in [4.69, 9.17) is 9.72 Å². The Balaban J connectivity index is 2.00. The van der Waals surface area contributed by atoms with Crippen LogP contribution in [0, 0.1) is 0 Å². The second-order valence-corrected chi connectivity index (χ2v) is 7.57. The largest absolute Gasteiger partial charge is 0.378 e. The van der Waals surface area contributed by atoms with Crippen LogP contribution in [0.15, 0.2) is 33.6 Å². The Morgan fingerprint density at radius 1 is 1.33 bits per heavy atom. The molecule has 2 aromatic rings. The Bertz CT molecular complexity index is 557. The number of thiazole rings is 1. The van der Waals surface area contributed by atoms with E-state index >= 15 is 0 Å². The fraction of sp³-hybridized carbons (Fsp3) is 0.400. The average Bonchev–Trinajstić information content (AvgIpc) is 2.87. The lowest BCUT2D eigenvalue weighted by Crippen LogP contribution is -2.12. The number of thioether (sulfide) groups is 1. The monoisotopic (exact) mass is 386 g/mol. The summed E-state index contributed by atoms with van der Waals surface area (Å²) in [6.07, 6.45) is 0. The summed E-state index contributed by atoms with van der Waals surface area (Å²) in [4.78, 5) is 7.25. The fourth-order valence-corrected chi connectivity index (χ4v) is 4.00. The number of hydrogen-bond acceptors (Lipinski definition) is 5. The van der Waals surface area contributed by atoms with Gasteiger partial charge in [0.2, 0.25) is 0 Å². The molecule has 1 N–H and O–H groups in total. The molecule has 0 atom stereocenters. The molecule has 0 aliphatic carbocycles. The summed E-state index contributed by atoms with van der Waals surface area (Å²) >= 11 is 7.05. The highest BCUT2D eigenvalue weighted by Crippen LogP contribution is 2.28. The number of aromatic nitrogens is 1. The van der Waals surface area contributed by atoms with Crippen LogP contribution in [0.5, 0.6) is 0 Å². The number of halogens is 1. The Hall–Kier alpha value is -0.400. The maximum Gasteiger partial charge on any atom is 0.104 e. The topological polar surface area (TPSA) is 34.2 Å². The molecule has 0 saturated heterocycles. The van der Waals surface area contributed by atoms with Gasteiger partial charge in [-0.25, -0.2) is 4.98 Å². The van der Waals surface area contributed by atoms with E-state index in [1.165, 1.54) is 9.77 Å². The van der Waals surface area contributed by atoms with Crippen LogP contribution >= 0.6 is 39.0 Å². The molecule has 0 aliphatic rings. The molecule has 2 rings (SSSR count). The summed E-state index contributed by atoms with van der Waals surface area (Å²) in [5, 5.41) is 4.51. The van der Waals surface area contributed by atoms with E-state index in [0.29, 0.717) is 6.61 Å². The molecule has 0 spiro atoms. The van der Waals surface area contributed by atoms with Crippen molar-refractivity contribution in [2.45, 2.75) is 30.7 Å². The van der Waals surface area contributed by atoms with Gasteiger partial charge in [0.25, 0.3) is 0 Å². The minimum absolute atomic E-state index is 0.584. The first-order chi connectivity index (χ1) is 10.2. The predicted octanol–water partition coefficient (Wildman–Crippen LogP) is 4.45. The standard InChI is InChI=1S/C15H19BrN2OS2/c1-3-17-8-14-13(9-19-2)18-15(21-14)10-20-12-6-4-11(16)5-7-12/h4-7,17H,3,8-10H2,1-2H3. The Kier molecular flexibility index (Phi) is 7.19. The normalized spacial score (nSPS) is 11.0. The van der Waals surface area contributed by atoms with Gasteiger partial charge in [0.05, 0.1) is 18.1 Å². The van der Waals surface area contributed by atoms with E-state index in [2.05, 4.69) is 52.4 Å². The number of nitrogens with one attached hydrogen (secondary N) is 1. The van der Waals surface area contributed by atoms with Crippen molar-refractivity contribution in [3.63, 3.8) is 0 Å². The molecule has 6 heteroatoms. The highest BCUT2D eigenvalue weighted by atomic mass is 79.9. The molecule has 1 aromatic heterocycles. The van der Waals surface area contributed by atoms with Gasteiger partial charge in [0.1, 0.15) is 5.01 Å². The van der Waals surface area contributed by atoms with Crippen molar-refractivity contribution in [3.8, 4) is 0 Å². The van der Waals surface area contributed by atoms with E-state index in [0.717, 1.165) is 34.0 Å². The Morgan fingerprint density at radius 2 is 2.10 bits per heavy atom. The average molecular weight is 387 g/mol. The zero-order valence-electron chi connectivity index (χ0n) is 12.2. The van der Waals surface area contributed by atoms with Gasteiger partial charge in [-0.1, -0.05) is 22.9 Å². The van der Waals surface area contributed by atoms with Crippen molar-refractivity contribution in [1.29, 1.82) is 0 Å². The van der Waals surface area contributed by atoms with Gasteiger partial charge in [0, 0.05) is 27.9 Å². The zero-order chi connectivity index (χ0) is 15.1. The lowest BCUT2D eigenvalue weighted by molar-refractivity contribution is 0.181. The van der Waals surface area contributed by atoms with Crippen molar-refractivity contribution in [2.24, 2.45) is 0 Å². The second kappa shape index (κ2) is 8.90. The maximum absolute atomic E-state index is 5.24. The summed E-state index contributed by atoms with van der Waals surface area (Å²) in [7, 11) is 1.71. The third-order valence-corrected chi connectivity index (χ3v) is 5.65. The van der Waals surface area contributed by atoms with Crippen LogP contribution in [0.4, 0.5) is 0 Å². The van der Waals surface area contributed by atoms with Crippen molar-refractivity contribution in [1.82, 2.24) is 10.3 Å². The van der Waals surface area contributed by atoms with E-state index in [-0.39, 0.29) is 0 Å². The van der Waals surface area contributed by atoms with Crippen LogP contribution in [-0.2, 0) is 23.6 Å². The van der Waals surface area contributed by atoms with Crippen LogP contribution in [0.2, 0.25) is 0 Å². The van der Waals surface area contributed by atoms with E-state index in [1.807, 2.05) is 11.8 Å². The molecule has 0 unspecified atom stereocenters. The summed E-state index contributed by atoms with van der Waals surface area (Å²) in [5.41, 5.74) is 1.06. The lowest BCUT2D eigenvalue weighted by atomic mass is 10.3. The summed E-state index contributed by atoms with van der Waals surface area (Å²) in [6, 6.07) is 8.38. The third-order valence-electron chi connectivity index (χ3n) is 2.82. The lowest BCUT2D eigenvalue weighted by Gasteiger charge is -2.00. The molecule has 0 amide bonds. The highest BCUT2D eigenvalue weighted by molar-refractivity contribution is 9.10. The van der Waals surface area contributed by atoms with Gasteiger partial charge in [-0.3, -0.25) is 0 Å². The van der Waals surface area contributed by atoms with Gasteiger partial charge < -0.3 is 10.1 Å². The molecule has 0 radical (unpaired) electrons. The highest BCUT2D eigenvalue weighted by Gasteiger charge is 2.11. The molecule has 3 nitrogen and oxygen atoms in total. The van der Waals surface area contributed by atoms with Crippen molar-refractivity contribution in [3.05, 3.63) is 44.3 Å². The summed E-state index contributed by atoms with van der Waals surface area (Å²) in [6.45, 7) is 4.53. The van der Waals surface area contributed by atoms with E-state index in [1.54, 1.807) is 18.4 Å². The van der Waals surface area contributed by atoms with E-state index in [9.17, 15) is 0 Å². The minimum atomic E-state index is 0.584. The summed E-state index contributed by atoms with van der Waals surface area (Å²) in [5.74, 6) is 0.898. The molecule has 114 valence electrons. The first kappa shape index (κ1) is 17.0. The Labute approximate surface area is 142 Å². The number of ether oxygens (including phenoxy) is 1. The van der Waals surface area contributed by atoms with Crippen LogP contribution in [0.25, 0.3) is 0 Å². The second-order valence-electron chi connectivity index (χ2n) is 4.43.